The van der Waals surface area contributed by atoms with E-state index < -0.39 is 0 Å². The van der Waals surface area contributed by atoms with Crippen molar-refractivity contribution in [3.8, 4) is 0 Å². The van der Waals surface area contributed by atoms with Crippen molar-refractivity contribution >= 4 is 17.0 Å². The van der Waals surface area contributed by atoms with Crippen LogP contribution < -0.4 is 5.32 Å². The Labute approximate surface area is 145 Å². The second kappa shape index (κ2) is 7.44. The van der Waals surface area contributed by atoms with Gasteiger partial charge < -0.3 is 14.9 Å². The molecule has 1 amide bonds. The molecule has 130 valence electrons. The molecule has 0 fully saturated rings. The molecule has 0 bridgehead atoms. The first-order valence-electron chi connectivity index (χ1n) is 8.27. The van der Waals surface area contributed by atoms with E-state index in [4.69, 9.17) is 4.52 Å². The van der Waals surface area contributed by atoms with Crippen LogP contribution in [-0.2, 0) is 0 Å². The van der Waals surface area contributed by atoms with E-state index in [9.17, 15) is 9.90 Å². The fourth-order valence-electron chi connectivity index (χ4n) is 2.98. The normalized spacial score (nSPS) is 12.3. The van der Waals surface area contributed by atoms with Crippen molar-refractivity contribution in [2.45, 2.75) is 26.2 Å². The molecule has 2 heterocycles. The smallest absolute Gasteiger partial charge is 0.258 e. The third-order valence-corrected chi connectivity index (χ3v) is 4.25. The number of carbonyl (C=O) groups is 1. The monoisotopic (exact) mass is 339 g/mol. The van der Waals surface area contributed by atoms with Crippen LogP contribution >= 0.6 is 0 Å². The average Bonchev–Trinajstić information content (AvgIpc) is 2.99. The van der Waals surface area contributed by atoms with Crippen LogP contribution in [0.4, 0.5) is 0 Å². The zero-order valence-electron chi connectivity index (χ0n) is 14.3. The third-order valence-electron chi connectivity index (χ3n) is 4.25. The molecule has 0 aliphatic carbocycles. The topological polar surface area (TPSA) is 88.2 Å². The quantitative estimate of drug-likeness (QED) is 0.721. The Morgan fingerprint density at radius 2 is 2.04 bits per heavy atom. The highest BCUT2D eigenvalue weighted by Crippen LogP contribution is 2.23. The molecule has 2 N–H and O–H groups in total. The number of aliphatic hydroxyl groups excluding tert-OH is 1. The standard InChI is InChI=1S/C19H21N3O3/c1-12-10-16(17-13(2)22-25-19(17)21-12)18(24)20-11-15(8-9-23)14-6-4-3-5-7-14/h3-7,10,15,23H,8-9,11H2,1-2H3,(H,20,24). The van der Waals surface area contributed by atoms with Gasteiger partial charge in [0.15, 0.2) is 0 Å². The molecule has 0 aliphatic rings. The van der Waals surface area contributed by atoms with E-state index >= 15 is 0 Å². The highest BCUT2D eigenvalue weighted by atomic mass is 16.5. The molecule has 25 heavy (non-hydrogen) atoms. The molecule has 1 atom stereocenters. The van der Waals surface area contributed by atoms with E-state index in [-0.39, 0.29) is 18.4 Å². The molecular weight excluding hydrogens is 318 g/mol. The number of nitrogens with zero attached hydrogens (tertiary/aromatic N) is 2. The van der Waals surface area contributed by atoms with Gasteiger partial charge in [0.2, 0.25) is 0 Å². The SMILES string of the molecule is Cc1cc(C(=O)NCC(CCO)c2ccccc2)c2c(C)noc2n1. The van der Waals surface area contributed by atoms with Crippen LogP contribution in [0, 0.1) is 13.8 Å². The predicted octanol–water partition coefficient (Wildman–Crippen LogP) is 2.74. The Hall–Kier alpha value is -2.73. The van der Waals surface area contributed by atoms with E-state index in [1.807, 2.05) is 37.3 Å². The van der Waals surface area contributed by atoms with Crippen molar-refractivity contribution in [1.29, 1.82) is 0 Å². The van der Waals surface area contributed by atoms with Gasteiger partial charge >= 0.3 is 0 Å². The number of carbonyl (C=O) groups excluding carboxylic acids is 1. The fraction of sp³-hybridized carbons (Fsp3) is 0.316. The molecule has 3 aromatic rings. The summed E-state index contributed by atoms with van der Waals surface area (Å²) in [6.07, 6.45) is 0.585. The molecule has 0 saturated heterocycles. The summed E-state index contributed by atoms with van der Waals surface area (Å²) in [5, 5.41) is 16.8. The molecule has 2 aromatic heterocycles. The van der Waals surface area contributed by atoms with Gasteiger partial charge in [0.25, 0.3) is 11.6 Å². The van der Waals surface area contributed by atoms with Gasteiger partial charge in [0.1, 0.15) is 0 Å². The van der Waals surface area contributed by atoms with Gasteiger partial charge in [-0.2, -0.15) is 0 Å². The molecule has 1 aromatic carbocycles. The van der Waals surface area contributed by atoms with E-state index in [2.05, 4.69) is 15.5 Å². The van der Waals surface area contributed by atoms with Crippen LogP contribution in [-0.4, -0.2) is 34.3 Å². The second-order valence-electron chi connectivity index (χ2n) is 6.09. The summed E-state index contributed by atoms with van der Waals surface area (Å²) in [4.78, 5) is 17.0. The van der Waals surface area contributed by atoms with Crippen LogP contribution in [0.15, 0.2) is 40.9 Å². The third kappa shape index (κ3) is 3.69. The first kappa shape index (κ1) is 17.1. The number of hydrogen-bond acceptors (Lipinski definition) is 5. The lowest BCUT2D eigenvalue weighted by molar-refractivity contribution is 0.0950. The maximum absolute atomic E-state index is 12.7. The molecule has 0 radical (unpaired) electrons. The first-order valence-corrected chi connectivity index (χ1v) is 8.27. The summed E-state index contributed by atoms with van der Waals surface area (Å²) in [6.45, 7) is 4.11. The molecule has 0 spiro atoms. The van der Waals surface area contributed by atoms with Gasteiger partial charge in [-0.1, -0.05) is 35.5 Å². The first-order chi connectivity index (χ1) is 12.1. The van der Waals surface area contributed by atoms with E-state index in [1.165, 1.54) is 0 Å². The summed E-state index contributed by atoms with van der Waals surface area (Å²) in [7, 11) is 0. The van der Waals surface area contributed by atoms with Gasteiger partial charge in [-0.25, -0.2) is 4.98 Å². The number of hydrogen-bond donors (Lipinski definition) is 2. The highest BCUT2D eigenvalue weighted by molar-refractivity contribution is 6.06. The summed E-state index contributed by atoms with van der Waals surface area (Å²) in [5.74, 6) is -0.141. The number of aryl methyl sites for hydroxylation is 2. The Bertz CT molecular complexity index is 874. The lowest BCUT2D eigenvalue weighted by Gasteiger charge is -2.17. The van der Waals surface area contributed by atoms with Gasteiger partial charge in [-0.15, -0.1) is 0 Å². The second-order valence-corrected chi connectivity index (χ2v) is 6.09. The molecule has 0 saturated carbocycles. The molecule has 6 nitrogen and oxygen atoms in total. The van der Waals surface area contributed by atoms with E-state index in [1.54, 1.807) is 13.0 Å². The Balaban J connectivity index is 1.81. The van der Waals surface area contributed by atoms with Crippen molar-refractivity contribution in [3.63, 3.8) is 0 Å². The number of aromatic nitrogens is 2. The van der Waals surface area contributed by atoms with Crippen LogP contribution in [0.5, 0.6) is 0 Å². The van der Waals surface area contributed by atoms with Crippen molar-refractivity contribution in [1.82, 2.24) is 15.5 Å². The molecular formula is C19H21N3O3. The van der Waals surface area contributed by atoms with Crippen LogP contribution in [0.25, 0.3) is 11.1 Å². The lowest BCUT2D eigenvalue weighted by atomic mass is 9.96. The Kier molecular flexibility index (Phi) is 5.09. The Morgan fingerprint density at radius 1 is 1.28 bits per heavy atom. The van der Waals surface area contributed by atoms with Crippen LogP contribution in [0.2, 0.25) is 0 Å². The summed E-state index contributed by atoms with van der Waals surface area (Å²) in [5.41, 5.74) is 3.31. The summed E-state index contributed by atoms with van der Waals surface area (Å²) >= 11 is 0. The number of aliphatic hydroxyl groups is 1. The maximum atomic E-state index is 12.7. The zero-order chi connectivity index (χ0) is 17.8. The summed E-state index contributed by atoms with van der Waals surface area (Å²) < 4.78 is 5.18. The number of benzene rings is 1. The zero-order valence-corrected chi connectivity index (χ0v) is 14.3. The minimum atomic E-state index is -0.194. The number of fused-ring (bicyclic) bond motifs is 1. The van der Waals surface area contributed by atoms with Gasteiger partial charge in [0.05, 0.1) is 16.6 Å². The highest BCUT2D eigenvalue weighted by Gasteiger charge is 2.19. The minimum Gasteiger partial charge on any atom is -0.396 e. The van der Waals surface area contributed by atoms with E-state index in [0.717, 1.165) is 5.56 Å². The molecule has 3 rings (SSSR count). The van der Waals surface area contributed by atoms with E-state index in [0.29, 0.717) is 41.0 Å². The number of pyridine rings is 1. The molecule has 0 aliphatic heterocycles. The predicted molar refractivity (Wildman–Crippen MR) is 94.5 cm³/mol. The van der Waals surface area contributed by atoms with Crippen LogP contribution in [0.1, 0.15) is 39.6 Å². The number of amides is 1. The maximum Gasteiger partial charge on any atom is 0.258 e. The van der Waals surface area contributed by atoms with Crippen molar-refractivity contribution in [2.75, 3.05) is 13.2 Å². The van der Waals surface area contributed by atoms with Gasteiger partial charge in [-0.05, 0) is 31.9 Å². The Morgan fingerprint density at radius 3 is 2.76 bits per heavy atom. The van der Waals surface area contributed by atoms with Crippen molar-refractivity contribution < 1.29 is 14.4 Å². The van der Waals surface area contributed by atoms with Gasteiger partial charge in [-0.3, -0.25) is 4.79 Å². The lowest BCUT2D eigenvalue weighted by Crippen LogP contribution is -2.29. The fourth-order valence-corrected chi connectivity index (χ4v) is 2.98. The molecule has 6 heteroatoms. The average molecular weight is 339 g/mol. The number of nitrogens with one attached hydrogen (secondary N) is 1. The van der Waals surface area contributed by atoms with Crippen molar-refractivity contribution in [2.24, 2.45) is 0 Å². The van der Waals surface area contributed by atoms with Crippen LogP contribution in [0.3, 0.4) is 0 Å². The van der Waals surface area contributed by atoms with Crippen molar-refractivity contribution in [3.05, 3.63) is 58.9 Å². The minimum absolute atomic E-state index is 0.0529. The summed E-state index contributed by atoms with van der Waals surface area (Å²) in [6, 6.07) is 11.6. The number of rotatable bonds is 6. The molecule has 1 unspecified atom stereocenters. The largest absolute Gasteiger partial charge is 0.396 e. The van der Waals surface area contributed by atoms with Gasteiger partial charge in [0, 0.05) is 24.8 Å².